The second-order valence-corrected chi connectivity index (χ2v) is 7.68. The summed E-state index contributed by atoms with van der Waals surface area (Å²) in [5.41, 5.74) is 1.77. The largest absolute Gasteiger partial charge is 0.391 e. The molecule has 1 amide bonds. The van der Waals surface area contributed by atoms with Crippen molar-refractivity contribution < 1.29 is 9.90 Å². The van der Waals surface area contributed by atoms with Gasteiger partial charge in [0.05, 0.1) is 11.8 Å². The molecule has 1 aliphatic heterocycles. The van der Waals surface area contributed by atoms with Gasteiger partial charge < -0.3 is 15.3 Å². The fourth-order valence-corrected chi connectivity index (χ4v) is 4.20. The molecule has 2 N–H and O–H groups in total. The minimum absolute atomic E-state index is 0.0743. The van der Waals surface area contributed by atoms with Crippen LogP contribution < -0.4 is 10.2 Å². The molecule has 9 heteroatoms. The lowest BCUT2D eigenvalue weighted by molar-refractivity contribution is 0.0911. The molecule has 8 nitrogen and oxygen atoms in total. The summed E-state index contributed by atoms with van der Waals surface area (Å²) in [5.74, 6) is 1.14. The third-order valence-corrected chi connectivity index (χ3v) is 5.92. The van der Waals surface area contributed by atoms with E-state index in [1.54, 1.807) is 6.33 Å². The van der Waals surface area contributed by atoms with Gasteiger partial charge in [-0.3, -0.25) is 4.79 Å². The zero-order valence-electron chi connectivity index (χ0n) is 14.6. The Morgan fingerprint density at radius 3 is 3.00 bits per heavy atom. The van der Waals surface area contributed by atoms with Crippen molar-refractivity contribution in [2.75, 3.05) is 18.0 Å². The molecule has 2 aromatic heterocycles. The Morgan fingerprint density at radius 2 is 2.27 bits per heavy atom. The van der Waals surface area contributed by atoms with Crippen LogP contribution in [0, 0.1) is 0 Å². The summed E-state index contributed by atoms with van der Waals surface area (Å²) in [7, 11) is 0. The third kappa shape index (κ3) is 3.41. The number of aryl methyl sites for hydroxylation is 1. The van der Waals surface area contributed by atoms with Crippen LogP contribution >= 0.6 is 11.5 Å². The van der Waals surface area contributed by atoms with Crippen molar-refractivity contribution in [3.8, 4) is 0 Å². The SMILES string of the molecule is CCc1nnsc1C(=O)NC1CC(c2cc(N3CC[C@@H](O)C3)ncn2)C1. The molecule has 0 radical (unpaired) electrons. The Bertz CT molecular complexity index is 791. The second-order valence-electron chi connectivity index (χ2n) is 6.93. The Labute approximate surface area is 155 Å². The van der Waals surface area contributed by atoms with Gasteiger partial charge in [0.15, 0.2) is 0 Å². The monoisotopic (exact) mass is 374 g/mol. The maximum atomic E-state index is 12.4. The van der Waals surface area contributed by atoms with E-state index in [1.807, 2.05) is 13.0 Å². The summed E-state index contributed by atoms with van der Waals surface area (Å²) in [4.78, 5) is 23.8. The van der Waals surface area contributed by atoms with Crippen molar-refractivity contribution in [1.82, 2.24) is 24.9 Å². The highest BCUT2D eigenvalue weighted by atomic mass is 32.1. The summed E-state index contributed by atoms with van der Waals surface area (Å²) in [6, 6.07) is 2.18. The fourth-order valence-electron chi connectivity index (χ4n) is 3.55. The first-order valence-corrected chi connectivity index (χ1v) is 9.78. The smallest absolute Gasteiger partial charge is 0.265 e. The summed E-state index contributed by atoms with van der Waals surface area (Å²) in [6.07, 6.45) is 4.56. The van der Waals surface area contributed by atoms with Gasteiger partial charge in [-0.25, -0.2) is 9.97 Å². The highest BCUT2D eigenvalue weighted by Crippen LogP contribution is 2.37. The number of hydrogen-bond acceptors (Lipinski definition) is 8. The molecule has 2 fully saturated rings. The number of β-amino-alcohol motifs (C(OH)–C–C–N with tert-alkyl or cyclic N) is 1. The lowest BCUT2D eigenvalue weighted by Gasteiger charge is -2.35. The van der Waals surface area contributed by atoms with E-state index >= 15 is 0 Å². The number of aliphatic hydroxyl groups is 1. The highest BCUT2D eigenvalue weighted by molar-refractivity contribution is 7.08. The van der Waals surface area contributed by atoms with Gasteiger partial charge in [-0.2, -0.15) is 0 Å². The van der Waals surface area contributed by atoms with Crippen molar-refractivity contribution in [2.45, 2.75) is 50.7 Å². The summed E-state index contributed by atoms with van der Waals surface area (Å²) < 4.78 is 3.87. The lowest BCUT2D eigenvalue weighted by Crippen LogP contribution is -2.43. The molecule has 0 bridgehead atoms. The molecule has 0 aromatic carbocycles. The van der Waals surface area contributed by atoms with Crippen LogP contribution in [-0.4, -0.2) is 55.8 Å². The van der Waals surface area contributed by atoms with Gasteiger partial charge in [-0.1, -0.05) is 11.4 Å². The Kier molecular flexibility index (Phi) is 4.82. The first-order valence-electron chi connectivity index (χ1n) is 9.01. The number of carbonyl (C=O) groups is 1. The van der Waals surface area contributed by atoms with Crippen molar-refractivity contribution in [3.05, 3.63) is 28.7 Å². The van der Waals surface area contributed by atoms with Crippen LogP contribution in [0.3, 0.4) is 0 Å². The van der Waals surface area contributed by atoms with Crippen LogP contribution in [0.15, 0.2) is 12.4 Å². The van der Waals surface area contributed by atoms with Crippen LogP contribution in [0.5, 0.6) is 0 Å². The van der Waals surface area contributed by atoms with Crippen LogP contribution in [-0.2, 0) is 6.42 Å². The van der Waals surface area contributed by atoms with E-state index < -0.39 is 0 Å². The first kappa shape index (κ1) is 17.3. The number of amides is 1. The maximum Gasteiger partial charge on any atom is 0.265 e. The standard InChI is InChI=1S/C17H22N6O2S/c1-2-13-16(26-22-21-13)17(25)20-11-5-10(6-11)14-7-15(19-9-18-14)23-4-3-12(24)8-23/h7,9-12,24H,2-6,8H2,1H3,(H,20,25)/t10?,11?,12-/m1/s1. The molecule has 2 aromatic rings. The molecule has 0 unspecified atom stereocenters. The third-order valence-electron chi connectivity index (χ3n) is 5.15. The molecule has 1 aliphatic carbocycles. The van der Waals surface area contributed by atoms with Crippen molar-refractivity contribution in [2.24, 2.45) is 0 Å². The van der Waals surface area contributed by atoms with E-state index in [-0.39, 0.29) is 18.1 Å². The first-order chi connectivity index (χ1) is 12.6. The fraction of sp³-hybridized carbons (Fsp3) is 0.588. The van der Waals surface area contributed by atoms with Crippen LogP contribution in [0.1, 0.15) is 53.2 Å². The van der Waals surface area contributed by atoms with E-state index in [0.29, 0.717) is 23.8 Å². The zero-order chi connectivity index (χ0) is 18.1. The lowest BCUT2D eigenvalue weighted by atomic mass is 9.78. The van der Waals surface area contributed by atoms with Gasteiger partial charge in [-0.05, 0) is 37.2 Å². The molecule has 1 saturated heterocycles. The molecule has 0 spiro atoms. The Balaban J connectivity index is 1.34. The zero-order valence-corrected chi connectivity index (χ0v) is 15.4. The van der Waals surface area contributed by atoms with Gasteiger partial charge in [0.2, 0.25) is 0 Å². The molecule has 3 heterocycles. The quantitative estimate of drug-likeness (QED) is 0.808. The molecule has 1 atom stereocenters. The molecule has 138 valence electrons. The van der Waals surface area contributed by atoms with E-state index in [4.69, 9.17) is 0 Å². The summed E-state index contributed by atoms with van der Waals surface area (Å²) >= 11 is 1.15. The van der Waals surface area contributed by atoms with Crippen LogP contribution in [0.25, 0.3) is 0 Å². The normalized spacial score (nSPS) is 25.2. The predicted molar refractivity (Wildman–Crippen MR) is 97.4 cm³/mol. The van der Waals surface area contributed by atoms with Crippen molar-refractivity contribution in [1.29, 1.82) is 0 Å². The molecule has 4 rings (SSSR count). The Morgan fingerprint density at radius 1 is 1.42 bits per heavy atom. The van der Waals surface area contributed by atoms with E-state index in [0.717, 1.165) is 54.5 Å². The van der Waals surface area contributed by atoms with E-state index in [2.05, 4.69) is 29.8 Å². The minimum atomic E-state index is -0.272. The van der Waals surface area contributed by atoms with Gasteiger partial charge in [-0.15, -0.1) is 5.10 Å². The summed E-state index contributed by atoms with van der Waals surface area (Å²) in [5, 5.41) is 16.8. The van der Waals surface area contributed by atoms with Crippen LogP contribution in [0.4, 0.5) is 5.82 Å². The number of carbonyl (C=O) groups excluding carboxylic acids is 1. The number of nitrogens with one attached hydrogen (secondary N) is 1. The minimum Gasteiger partial charge on any atom is -0.391 e. The van der Waals surface area contributed by atoms with Gasteiger partial charge >= 0.3 is 0 Å². The number of rotatable bonds is 5. The van der Waals surface area contributed by atoms with Crippen LogP contribution in [0.2, 0.25) is 0 Å². The Hall–Kier alpha value is -2.13. The van der Waals surface area contributed by atoms with E-state index in [9.17, 15) is 9.90 Å². The second kappa shape index (κ2) is 7.24. The summed E-state index contributed by atoms with van der Waals surface area (Å²) in [6.45, 7) is 3.42. The number of anilines is 1. The molecule has 1 saturated carbocycles. The number of aliphatic hydroxyl groups excluding tert-OH is 1. The molecular weight excluding hydrogens is 352 g/mol. The topological polar surface area (TPSA) is 104 Å². The average molecular weight is 374 g/mol. The number of hydrogen-bond donors (Lipinski definition) is 2. The van der Waals surface area contributed by atoms with Crippen molar-refractivity contribution >= 4 is 23.3 Å². The molecule has 2 aliphatic rings. The molecule has 26 heavy (non-hydrogen) atoms. The van der Waals surface area contributed by atoms with Gasteiger partial charge in [0.1, 0.15) is 17.0 Å². The van der Waals surface area contributed by atoms with Crippen molar-refractivity contribution in [3.63, 3.8) is 0 Å². The number of nitrogens with zero attached hydrogens (tertiary/aromatic N) is 5. The average Bonchev–Trinajstić information content (AvgIpc) is 3.26. The number of aromatic nitrogens is 4. The molecular formula is C17H22N6O2S. The highest BCUT2D eigenvalue weighted by Gasteiger charge is 2.34. The van der Waals surface area contributed by atoms with Gasteiger partial charge in [0.25, 0.3) is 5.91 Å². The predicted octanol–water partition coefficient (Wildman–Crippen LogP) is 1.14. The maximum absolute atomic E-state index is 12.4. The van der Waals surface area contributed by atoms with Gasteiger partial charge in [0, 0.05) is 36.8 Å². The van der Waals surface area contributed by atoms with E-state index in [1.165, 1.54) is 0 Å².